The number of rotatable bonds is 8. The van der Waals surface area contributed by atoms with Gasteiger partial charge in [0.05, 0.1) is 16.6 Å². The summed E-state index contributed by atoms with van der Waals surface area (Å²) in [5, 5.41) is 3.46. The Morgan fingerprint density at radius 3 is 2.15 bits per heavy atom. The van der Waals surface area contributed by atoms with Gasteiger partial charge < -0.3 is 5.32 Å². The Kier molecular flexibility index (Phi) is 8.05. The smallest absolute Gasteiger partial charge is 0.264 e. The predicted molar refractivity (Wildman–Crippen MR) is 139 cm³/mol. The fourth-order valence-electron chi connectivity index (χ4n) is 3.88. The van der Waals surface area contributed by atoms with E-state index in [0.717, 1.165) is 32.1 Å². The summed E-state index contributed by atoms with van der Waals surface area (Å²) in [6.45, 7) is 9.39. The summed E-state index contributed by atoms with van der Waals surface area (Å²) in [5.74, 6) is -0.390. The summed E-state index contributed by atoms with van der Waals surface area (Å²) < 4.78 is 28.3. The van der Waals surface area contributed by atoms with Gasteiger partial charge >= 0.3 is 0 Å². The maximum Gasteiger partial charge on any atom is 0.264 e. The number of anilines is 1. The second-order valence-electron chi connectivity index (χ2n) is 8.65. The topological polar surface area (TPSA) is 66.5 Å². The van der Waals surface area contributed by atoms with Gasteiger partial charge in [0.2, 0.25) is 5.91 Å². The van der Waals surface area contributed by atoms with E-state index in [4.69, 9.17) is 11.6 Å². The molecule has 1 unspecified atom stereocenters. The number of amides is 1. The van der Waals surface area contributed by atoms with Gasteiger partial charge in [-0.05, 0) is 75.1 Å². The lowest BCUT2D eigenvalue weighted by molar-refractivity contribution is -0.120. The summed E-state index contributed by atoms with van der Waals surface area (Å²) in [5.41, 5.74) is 5.36. The number of halogens is 1. The molecule has 1 atom stereocenters. The van der Waals surface area contributed by atoms with E-state index in [1.807, 2.05) is 46.8 Å². The molecule has 0 aliphatic heterocycles. The van der Waals surface area contributed by atoms with Crippen LogP contribution in [0.1, 0.15) is 47.2 Å². The Morgan fingerprint density at radius 1 is 0.912 bits per heavy atom. The van der Waals surface area contributed by atoms with Crippen LogP contribution in [0.2, 0.25) is 5.02 Å². The number of nitrogens with zero attached hydrogens (tertiary/aromatic N) is 1. The zero-order chi connectivity index (χ0) is 25.0. The Labute approximate surface area is 207 Å². The maximum absolute atomic E-state index is 13.6. The molecule has 34 heavy (non-hydrogen) atoms. The van der Waals surface area contributed by atoms with Crippen LogP contribution in [0.15, 0.2) is 65.6 Å². The maximum atomic E-state index is 13.6. The van der Waals surface area contributed by atoms with Gasteiger partial charge in [0.25, 0.3) is 10.0 Å². The van der Waals surface area contributed by atoms with Crippen LogP contribution in [0.3, 0.4) is 0 Å². The van der Waals surface area contributed by atoms with Crippen molar-refractivity contribution in [1.29, 1.82) is 0 Å². The van der Waals surface area contributed by atoms with E-state index in [2.05, 4.69) is 11.4 Å². The third-order valence-electron chi connectivity index (χ3n) is 5.88. The van der Waals surface area contributed by atoms with Gasteiger partial charge in [0.15, 0.2) is 0 Å². The number of sulfonamides is 1. The Morgan fingerprint density at radius 2 is 1.56 bits per heavy atom. The third-order valence-corrected chi connectivity index (χ3v) is 8.08. The van der Waals surface area contributed by atoms with Crippen molar-refractivity contribution in [2.75, 3.05) is 10.8 Å². The molecular formula is C27H31ClN2O3S. The van der Waals surface area contributed by atoms with Crippen molar-refractivity contribution < 1.29 is 13.2 Å². The van der Waals surface area contributed by atoms with Gasteiger partial charge in [-0.1, -0.05) is 66.0 Å². The van der Waals surface area contributed by atoms with Gasteiger partial charge in [0.1, 0.15) is 6.54 Å². The average molecular weight is 499 g/mol. The molecule has 0 saturated carbocycles. The van der Waals surface area contributed by atoms with Crippen LogP contribution in [0.4, 0.5) is 5.69 Å². The molecule has 0 aromatic heterocycles. The number of carbonyl (C=O) groups is 1. The highest BCUT2D eigenvalue weighted by Gasteiger charge is 2.28. The van der Waals surface area contributed by atoms with E-state index < -0.39 is 10.0 Å². The molecule has 5 nitrogen and oxygen atoms in total. The minimum atomic E-state index is -4.00. The lowest BCUT2D eigenvalue weighted by atomic mass is 9.97. The molecule has 0 heterocycles. The lowest BCUT2D eigenvalue weighted by Gasteiger charge is -2.26. The zero-order valence-corrected chi connectivity index (χ0v) is 21.8. The highest BCUT2D eigenvalue weighted by molar-refractivity contribution is 7.92. The van der Waals surface area contributed by atoms with Gasteiger partial charge in [-0.3, -0.25) is 9.10 Å². The minimum Gasteiger partial charge on any atom is -0.348 e. The molecule has 0 aliphatic carbocycles. The van der Waals surface area contributed by atoms with Gasteiger partial charge in [-0.15, -0.1) is 0 Å². The van der Waals surface area contributed by atoms with Gasteiger partial charge in [-0.25, -0.2) is 8.42 Å². The number of carbonyl (C=O) groups excluding carboxylic acids is 1. The molecule has 0 saturated heterocycles. The number of hydrogen-bond acceptors (Lipinski definition) is 3. The Balaban J connectivity index is 1.95. The first kappa shape index (κ1) is 25.8. The molecule has 3 aromatic rings. The fourth-order valence-corrected chi connectivity index (χ4v) is 5.46. The van der Waals surface area contributed by atoms with Gasteiger partial charge in [0, 0.05) is 5.02 Å². The highest BCUT2D eigenvalue weighted by Crippen LogP contribution is 2.28. The summed E-state index contributed by atoms with van der Waals surface area (Å²) in [7, 11) is -4.00. The van der Waals surface area contributed by atoms with E-state index in [1.165, 1.54) is 0 Å². The molecule has 180 valence electrons. The van der Waals surface area contributed by atoms with E-state index >= 15 is 0 Å². The van der Waals surface area contributed by atoms with Crippen molar-refractivity contribution in [3.05, 3.63) is 93.5 Å². The highest BCUT2D eigenvalue weighted by atomic mass is 35.5. The first-order valence-corrected chi connectivity index (χ1v) is 13.1. The SMILES string of the molecule is CCC(NC(=O)CN(c1ccc(C)c(Cl)c1)S(=O)(=O)c1ccc(C)cc1)c1ccc(C)cc1C. The number of aryl methyl sites for hydroxylation is 4. The van der Waals surface area contributed by atoms with Gasteiger partial charge in [-0.2, -0.15) is 0 Å². The van der Waals surface area contributed by atoms with Crippen LogP contribution < -0.4 is 9.62 Å². The van der Waals surface area contributed by atoms with Crippen molar-refractivity contribution in [2.24, 2.45) is 0 Å². The summed E-state index contributed by atoms with van der Waals surface area (Å²) >= 11 is 6.31. The normalized spacial score (nSPS) is 12.3. The summed E-state index contributed by atoms with van der Waals surface area (Å²) in [4.78, 5) is 13.3. The van der Waals surface area contributed by atoms with Crippen molar-refractivity contribution >= 4 is 33.2 Å². The van der Waals surface area contributed by atoms with E-state index in [0.29, 0.717) is 17.1 Å². The second kappa shape index (κ2) is 10.6. The molecule has 0 aliphatic rings. The molecule has 3 aromatic carbocycles. The molecule has 1 amide bonds. The largest absolute Gasteiger partial charge is 0.348 e. The standard InChI is InChI=1S/C27H31ClN2O3S/c1-6-26(24-14-9-19(3)15-21(24)5)29-27(31)17-30(22-11-10-20(4)25(28)16-22)34(32,33)23-12-7-18(2)8-13-23/h7-16,26H,6,17H2,1-5H3,(H,29,31). The quantitative estimate of drug-likeness (QED) is 0.412. The van der Waals surface area contributed by atoms with Crippen molar-refractivity contribution in [1.82, 2.24) is 5.32 Å². The summed E-state index contributed by atoms with van der Waals surface area (Å²) in [6, 6.07) is 17.5. The van der Waals surface area contributed by atoms with E-state index in [-0.39, 0.29) is 23.4 Å². The predicted octanol–water partition coefficient (Wildman–Crippen LogP) is 6.04. The van der Waals surface area contributed by atoms with Crippen molar-refractivity contribution in [3.8, 4) is 0 Å². The van der Waals surface area contributed by atoms with Crippen LogP contribution in [-0.4, -0.2) is 20.9 Å². The first-order valence-electron chi connectivity index (χ1n) is 11.2. The zero-order valence-electron chi connectivity index (χ0n) is 20.2. The molecule has 0 bridgehead atoms. The molecule has 0 spiro atoms. The van der Waals surface area contributed by atoms with Crippen molar-refractivity contribution in [3.63, 3.8) is 0 Å². The third kappa shape index (κ3) is 5.80. The minimum absolute atomic E-state index is 0.115. The average Bonchev–Trinajstić information content (AvgIpc) is 2.78. The van der Waals surface area contributed by atoms with Crippen LogP contribution in [0.25, 0.3) is 0 Å². The van der Waals surface area contributed by atoms with Crippen LogP contribution in [0.5, 0.6) is 0 Å². The Bertz CT molecular complexity index is 1290. The summed E-state index contributed by atoms with van der Waals surface area (Å²) in [6.07, 6.45) is 0.677. The molecule has 7 heteroatoms. The molecule has 3 rings (SSSR count). The fraction of sp³-hybridized carbons (Fsp3) is 0.296. The number of benzene rings is 3. The number of hydrogen-bond donors (Lipinski definition) is 1. The Hall–Kier alpha value is -2.83. The number of nitrogens with one attached hydrogen (secondary N) is 1. The molecule has 0 fully saturated rings. The van der Waals surface area contributed by atoms with E-state index in [9.17, 15) is 13.2 Å². The molecule has 1 N–H and O–H groups in total. The van der Waals surface area contributed by atoms with E-state index in [1.54, 1.807) is 42.5 Å². The first-order chi connectivity index (χ1) is 16.0. The van der Waals surface area contributed by atoms with Crippen LogP contribution >= 0.6 is 11.6 Å². The molecule has 0 radical (unpaired) electrons. The van der Waals surface area contributed by atoms with Crippen LogP contribution in [-0.2, 0) is 14.8 Å². The molecular weight excluding hydrogens is 468 g/mol. The van der Waals surface area contributed by atoms with Crippen LogP contribution in [0, 0.1) is 27.7 Å². The lowest BCUT2D eigenvalue weighted by Crippen LogP contribution is -2.42. The second-order valence-corrected chi connectivity index (χ2v) is 10.9. The monoisotopic (exact) mass is 498 g/mol. The van der Waals surface area contributed by atoms with Crippen molar-refractivity contribution in [2.45, 2.75) is 52.0 Å².